The van der Waals surface area contributed by atoms with Crippen LogP contribution in [0.3, 0.4) is 0 Å². The fraction of sp³-hybridized carbons (Fsp3) is 0.650. The van der Waals surface area contributed by atoms with Crippen molar-refractivity contribution in [3.8, 4) is 0 Å². The van der Waals surface area contributed by atoms with Crippen LogP contribution in [0.1, 0.15) is 52.4 Å². The second-order valence-electron chi connectivity index (χ2n) is 7.29. The number of aliphatic carboxylic acids is 1. The highest BCUT2D eigenvalue weighted by Crippen LogP contribution is 2.40. The van der Waals surface area contributed by atoms with Crippen LogP contribution in [0.15, 0.2) is 30.3 Å². The molecule has 0 saturated carbocycles. The largest absolute Gasteiger partial charge is 0.481 e. The maximum atomic E-state index is 11.5. The molecule has 0 bridgehead atoms. The van der Waals surface area contributed by atoms with Gasteiger partial charge in [-0.2, -0.15) is 0 Å². The van der Waals surface area contributed by atoms with E-state index in [0.717, 1.165) is 19.3 Å². The van der Waals surface area contributed by atoms with Gasteiger partial charge in [0.05, 0.1) is 14.0 Å². The summed E-state index contributed by atoms with van der Waals surface area (Å²) in [4.78, 5) is 11.5. The van der Waals surface area contributed by atoms with E-state index in [1.165, 1.54) is 37.4 Å². The molecule has 0 spiro atoms. The number of carboxylic acids is 1. The molecule has 23 heavy (non-hydrogen) atoms. The normalized spacial score (nSPS) is 25.9. The number of hydrogen-bond acceptors (Lipinski definition) is 1. The topological polar surface area (TPSA) is 37.3 Å². The van der Waals surface area contributed by atoms with Gasteiger partial charge in [0, 0.05) is 0 Å². The molecule has 2 nitrogen and oxygen atoms in total. The lowest BCUT2D eigenvalue weighted by atomic mass is 9.85. The molecule has 1 aromatic carbocycles. The summed E-state index contributed by atoms with van der Waals surface area (Å²) in [6.07, 6.45) is 6.97. The molecule has 1 atom stereocenters. The summed E-state index contributed by atoms with van der Waals surface area (Å²) in [5.41, 5.74) is 0. The molecule has 0 radical (unpaired) electrons. The highest BCUT2D eigenvalue weighted by Gasteiger charge is 2.41. The summed E-state index contributed by atoms with van der Waals surface area (Å²) in [5.74, 6) is -0.321. The van der Waals surface area contributed by atoms with Crippen LogP contribution in [-0.4, -0.2) is 19.1 Å². The van der Waals surface area contributed by atoms with Crippen molar-refractivity contribution in [2.24, 2.45) is 11.8 Å². The molecule has 1 aromatic rings. The van der Waals surface area contributed by atoms with Gasteiger partial charge in [-0.3, -0.25) is 4.79 Å². The van der Waals surface area contributed by atoms with Gasteiger partial charge in [0.1, 0.15) is 0 Å². The SMILES string of the molecule is CCCCC[Si]1(c2ccccc2)CCC(C(CC)C(=O)O)CC1. The zero-order valence-electron chi connectivity index (χ0n) is 14.8. The minimum Gasteiger partial charge on any atom is -0.481 e. The maximum absolute atomic E-state index is 11.5. The average Bonchev–Trinajstić information content (AvgIpc) is 2.58. The summed E-state index contributed by atoms with van der Waals surface area (Å²) >= 11 is 0. The Morgan fingerprint density at radius 2 is 1.83 bits per heavy atom. The van der Waals surface area contributed by atoms with E-state index in [9.17, 15) is 9.90 Å². The maximum Gasteiger partial charge on any atom is 0.306 e. The highest BCUT2D eigenvalue weighted by molar-refractivity contribution is 6.92. The zero-order valence-corrected chi connectivity index (χ0v) is 15.8. The fourth-order valence-electron chi connectivity index (χ4n) is 4.49. The van der Waals surface area contributed by atoms with Crippen LogP contribution < -0.4 is 5.19 Å². The molecular formula is C20H32O2Si. The van der Waals surface area contributed by atoms with Gasteiger partial charge in [-0.25, -0.2) is 0 Å². The summed E-state index contributed by atoms with van der Waals surface area (Å²) in [6.45, 7) is 4.29. The Morgan fingerprint density at radius 1 is 1.17 bits per heavy atom. The molecule has 0 aliphatic carbocycles. The van der Waals surface area contributed by atoms with Gasteiger partial charge in [0.25, 0.3) is 0 Å². The van der Waals surface area contributed by atoms with E-state index in [2.05, 4.69) is 37.3 Å². The second-order valence-corrected chi connectivity index (χ2v) is 11.9. The summed E-state index contributed by atoms with van der Waals surface area (Å²) < 4.78 is 0. The lowest BCUT2D eigenvalue weighted by molar-refractivity contribution is -0.144. The Hall–Kier alpha value is -1.09. The first-order valence-corrected chi connectivity index (χ1v) is 12.0. The van der Waals surface area contributed by atoms with Crippen LogP contribution in [0.5, 0.6) is 0 Å². The number of hydrogen-bond donors (Lipinski definition) is 1. The Balaban J connectivity index is 2.11. The number of carbonyl (C=O) groups is 1. The van der Waals surface area contributed by atoms with Gasteiger partial charge in [-0.15, -0.1) is 0 Å². The quantitative estimate of drug-likeness (QED) is 0.534. The number of benzene rings is 1. The molecule has 128 valence electrons. The van der Waals surface area contributed by atoms with E-state index >= 15 is 0 Å². The Morgan fingerprint density at radius 3 is 2.35 bits per heavy atom. The standard InChI is InChI=1S/C20H32O2Si/c1-3-5-9-14-23(18-10-7-6-8-11-18)15-12-17(13-16-23)19(4-2)20(21)22/h6-8,10-11,17,19H,3-5,9,12-16H2,1-2H3,(H,21,22). The fourth-order valence-corrected chi connectivity index (χ4v) is 9.78. The molecule has 1 aliphatic rings. The molecule has 0 aromatic heterocycles. The minimum atomic E-state index is -1.42. The third-order valence-corrected chi connectivity index (χ3v) is 11.3. The Labute approximate surface area is 142 Å². The molecule has 1 N–H and O–H groups in total. The van der Waals surface area contributed by atoms with Crippen LogP contribution in [-0.2, 0) is 4.79 Å². The van der Waals surface area contributed by atoms with Crippen molar-refractivity contribution in [1.82, 2.24) is 0 Å². The van der Waals surface area contributed by atoms with Crippen molar-refractivity contribution in [3.05, 3.63) is 30.3 Å². The van der Waals surface area contributed by atoms with E-state index in [4.69, 9.17) is 0 Å². The highest BCUT2D eigenvalue weighted by atomic mass is 28.3. The molecule has 3 heteroatoms. The van der Waals surface area contributed by atoms with Crippen LogP contribution in [0.2, 0.25) is 18.1 Å². The minimum absolute atomic E-state index is 0.131. The van der Waals surface area contributed by atoms with Crippen molar-refractivity contribution in [1.29, 1.82) is 0 Å². The van der Waals surface area contributed by atoms with Crippen molar-refractivity contribution in [2.45, 2.75) is 70.5 Å². The monoisotopic (exact) mass is 332 g/mol. The van der Waals surface area contributed by atoms with E-state index in [1.807, 2.05) is 6.92 Å². The number of carboxylic acid groups (broad SMARTS) is 1. The summed E-state index contributed by atoms with van der Waals surface area (Å²) in [6, 6.07) is 15.1. The van der Waals surface area contributed by atoms with Crippen LogP contribution in [0.4, 0.5) is 0 Å². The molecule has 1 fully saturated rings. The molecule has 1 heterocycles. The number of unbranched alkanes of at least 4 members (excludes halogenated alkanes) is 2. The second kappa shape index (κ2) is 8.67. The van der Waals surface area contributed by atoms with Crippen molar-refractivity contribution in [2.75, 3.05) is 0 Å². The third kappa shape index (κ3) is 4.47. The molecule has 1 unspecified atom stereocenters. The zero-order chi connectivity index (χ0) is 16.7. The van der Waals surface area contributed by atoms with Crippen LogP contribution in [0, 0.1) is 11.8 Å². The molecule has 0 amide bonds. The summed E-state index contributed by atoms with van der Waals surface area (Å²) in [5, 5.41) is 11.1. The molecule has 1 saturated heterocycles. The summed E-state index contributed by atoms with van der Waals surface area (Å²) in [7, 11) is -1.42. The van der Waals surface area contributed by atoms with Crippen LogP contribution >= 0.6 is 0 Å². The molecular weight excluding hydrogens is 300 g/mol. The lowest BCUT2D eigenvalue weighted by Gasteiger charge is -2.40. The average molecular weight is 333 g/mol. The lowest BCUT2D eigenvalue weighted by Crippen LogP contribution is -2.50. The molecule has 2 rings (SSSR count). The van der Waals surface area contributed by atoms with E-state index in [0.29, 0.717) is 5.92 Å². The van der Waals surface area contributed by atoms with E-state index in [1.54, 1.807) is 5.19 Å². The molecule has 1 aliphatic heterocycles. The van der Waals surface area contributed by atoms with E-state index in [-0.39, 0.29) is 5.92 Å². The Kier molecular flexibility index (Phi) is 6.88. The van der Waals surface area contributed by atoms with Gasteiger partial charge < -0.3 is 5.11 Å². The third-order valence-electron chi connectivity index (χ3n) is 5.96. The predicted octanol–water partition coefficient (Wildman–Crippen LogP) is 5.05. The van der Waals surface area contributed by atoms with Gasteiger partial charge in [0.2, 0.25) is 0 Å². The van der Waals surface area contributed by atoms with Crippen LogP contribution in [0.25, 0.3) is 0 Å². The van der Waals surface area contributed by atoms with E-state index < -0.39 is 14.0 Å². The number of rotatable bonds is 8. The van der Waals surface area contributed by atoms with Crippen molar-refractivity contribution >= 4 is 19.2 Å². The smallest absolute Gasteiger partial charge is 0.306 e. The van der Waals surface area contributed by atoms with Gasteiger partial charge in [-0.1, -0.05) is 99.6 Å². The Bertz CT molecular complexity index is 478. The van der Waals surface area contributed by atoms with Gasteiger partial charge >= 0.3 is 5.97 Å². The van der Waals surface area contributed by atoms with Crippen molar-refractivity contribution < 1.29 is 9.90 Å². The first-order chi connectivity index (χ1) is 11.1. The predicted molar refractivity (Wildman–Crippen MR) is 99.9 cm³/mol. The first kappa shape index (κ1) is 18.2. The first-order valence-electron chi connectivity index (χ1n) is 9.41. The van der Waals surface area contributed by atoms with Crippen molar-refractivity contribution in [3.63, 3.8) is 0 Å². The van der Waals surface area contributed by atoms with Gasteiger partial charge in [0.15, 0.2) is 0 Å². The van der Waals surface area contributed by atoms with Gasteiger partial charge in [-0.05, 0) is 12.3 Å².